The van der Waals surface area contributed by atoms with E-state index < -0.39 is 16.1 Å². The van der Waals surface area contributed by atoms with Crippen LogP contribution in [0.25, 0.3) is 11.1 Å². The standard InChI is InChI=1S/C20H19FN2O4S/c1-28(26,27)22-8-9-23-18(12-22)19(24)11-14-7-6-13(10-16(14)20(23)25)15-4-2-3-5-17(15)21/h2-7,10,18H,8-9,11-12H2,1H3/t18-/m1/s1. The van der Waals surface area contributed by atoms with Crippen molar-refractivity contribution in [1.29, 1.82) is 0 Å². The van der Waals surface area contributed by atoms with Crippen molar-refractivity contribution in [2.75, 3.05) is 25.9 Å². The van der Waals surface area contributed by atoms with Gasteiger partial charge in [0.25, 0.3) is 5.91 Å². The van der Waals surface area contributed by atoms with Gasteiger partial charge < -0.3 is 4.90 Å². The molecule has 0 spiro atoms. The summed E-state index contributed by atoms with van der Waals surface area (Å²) in [5, 5.41) is 0. The highest BCUT2D eigenvalue weighted by Crippen LogP contribution is 2.29. The van der Waals surface area contributed by atoms with Gasteiger partial charge in [0, 0.05) is 37.2 Å². The predicted octanol–water partition coefficient (Wildman–Crippen LogP) is 1.70. The van der Waals surface area contributed by atoms with E-state index in [-0.39, 0.29) is 43.6 Å². The van der Waals surface area contributed by atoms with Crippen LogP contribution in [0.4, 0.5) is 4.39 Å². The van der Waals surface area contributed by atoms with Crippen LogP contribution in [0.2, 0.25) is 0 Å². The quantitative estimate of drug-likeness (QED) is 0.766. The summed E-state index contributed by atoms with van der Waals surface area (Å²) in [5.74, 6) is -0.907. The third kappa shape index (κ3) is 3.22. The van der Waals surface area contributed by atoms with Gasteiger partial charge in [-0.15, -0.1) is 0 Å². The summed E-state index contributed by atoms with van der Waals surface area (Å²) in [6.07, 6.45) is 1.14. The zero-order chi connectivity index (χ0) is 20.1. The Kier molecular flexibility index (Phi) is 4.55. The van der Waals surface area contributed by atoms with E-state index in [1.165, 1.54) is 15.3 Å². The minimum absolute atomic E-state index is 0.0302. The lowest BCUT2D eigenvalue weighted by Gasteiger charge is -2.38. The Morgan fingerprint density at radius 2 is 1.79 bits per heavy atom. The molecular formula is C20H19FN2O4S. The smallest absolute Gasteiger partial charge is 0.254 e. The van der Waals surface area contributed by atoms with Gasteiger partial charge in [-0.25, -0.2) is 12.8 Å². The van der Waals surface area contributed by atoms with Gasteiger partial charge in [-0.05, 0) is 23.3 Å². The summed E-state index contributed by atoms with van der Waals surface area (Å²) < 4.78 is 39.1. The molecule has 0 bridgehead atoms. The van der Waals surface area contributed by atoms with Gasteiger partial charge in [-0.1, -0.05) is 30.3 Å². The first-order valence-corrected chi connectivity index (χ1v) is 10.8. The number of carbonyl (C=O) groups excluding carboxylic acids is 2. The Labute approximate surface area is 162 Å². The van der Waals surface area contributed by atoms with E-state index in [1.807, 2.05) is 0 Å². The molecule has 146 valence electrons. The summed E-state index contributed by atoms with van der Waals surface area (Å²) in [4.78, 5) is 27.4. The molecule has 2 aromatic rings. The number of hydrogen-bond donors (Lipinski definition) is 0. The Hall–Kier alpha value is -2.58. The molecule has 0 N–H and O–H groups in total. The molecule has 28 heavy (non-hydrogen) atoms. The second-order valence-electron chi connectivity index (χ2n) is 7.13. The van der Waals surface area contributed by atoms with Crippen LogP contribution in [-0.4, -0.2) is 61.2 Å². The third-order valence-corrected chi connectivity index (χ3v) is 6.60. The van der Waals surface area contributed by atoms with Crippen LogP contribution in [0.5, 0.6) is 0 Å². The summed E-state index contributed by atoms with van der Waals surface area (Å²) in [6.45, 7) is 0.264. The van der Waals surface area contributed by atoms with Crippen molar-refractivity contribution in [2.45, 2.75) is 12.5 Å². The molecule has 0 unspecified atom stereocenters. The number of piperazine rings is 1. The van der Waals surface area contributed by atoms with Crippen molar-refractivity contribution in [3.63, 3.8) is 0 Å². The maximum atomic E-state index is 14.2. The highest BCUT2D eigenvalue weighted by atomic mass is 32.2. The highest BCUT2D eigenvalue weighted by molar-refractivity contribution is 7.88. The highest BCUT2D eigenvalue weighted by Gasteiger charge is 2.41. The fraction of sp³-hybridized carbons (Fsp3) is 0.300. The maximum absolute atomic E-state index is 14.2. The van der Waals surface area contributed by atoms with Crippen molar-refractivity contribution in [3.8, 4) is 11.1 Å². The monoisotopic (exact) mass is 402 g/mol. The number of halogens is 1. The zero-order valence-corrected chi connectivity index (χ0v) is 16.1. The number of fused-ring (bicyclic) bond motifs is 2. The second-order valence-corrected chi connectivity index (χ2v) is 9.11. The van der Waals surface area contributed by atoms with Crippen molar-refractivity contribution in [3.05, 3.63) is 59.4 Å². The number of Topliss-reactive ketones (excluding diaryl/α,β-unsaturated/α-hetero) is 1. The molecule has 2 heterocycles. The first kappa shape index (κ1) is 18.8. The molecule has 4 rings (SSSR count). The normalized spacial score (nSPS) is 20.5. The van der Waals surface area contributed by atoms with Crippen LogP contribution < -0.4 is 0 Å². The Balaban J connectivity index is 1.73. The molecule has 0 saturated carbocycles. The van der Waals surface area contributed by atoms with E-state index >= 15 is 0 Å². The fourth-order valence-corrected chi connectivity index (χ4v) is 4.66. The minimum atomic E-state index is -3.44. The van der Waals surface area contributed by atoms with E-state index in [9.17, 15) is 22.4 Å². The third-order valence-electron chi connectivity index (χ3n) is 5.33. The van der Waals surface area contributed by atoms with Crippen LogP contribution in [-0.2, 0) is 21.2 Å². The van der Waals surface area contributed by atoms with E-state index in [1.54, 1.807) is 36.4 Å². The van der Waals surface area contributed by atoms with Gasteiger partial charge in [0.2, 0.25) is 10.0 Å². The Morgan fingerprint density at radius 3 is 2.50 bits per heavy atom. The largest absolute Gasteiger partial charge is 0.326 e. The fourth-order valence-electron chi connectivity index (χ4n) is 3.83. The summed E-state index contributed by atoms with van der Waals surface area (Å²) >= 11 is 0. The van der Waals surface area contributed by atoms with E-state index in [2.05, 4.69) is 0 Å². The first-order chi connectivity index (χ1) is 13.3. The lowest BCUT2D eigenvalue weighted by Crippen LogP contribution is -2.58. The number of amides is 1. The molecule has 0 radical (unpaired) electrons. The number of sulfonamides is 1. The van der Waals surface area contributed by atoms with Gasteiger partial charge >= 0.3 is 0 Å². The number of carbonyl (C=O) groups is 2. The van der Waals surface area contributed by atoms with Crippen molar-refractivity contribution >= 4 is 21.7 Å². The maximum Gasteiger partial charge on any atom is 0.254 e. The van der Waals surface area contributed by atoms with Gasteiger partial charge in [0.05, 0.1) is 6.26 Å². The average molecular weight is 402 g/mol. The number of ketones is 1. The average Bonchev–Trinajstić information content (AvgIpc) is 2.76. The van der Waals surface area contributed by atoms with Gasteiger partial charge in [0.1, 0.15) is 11.9 Å². The SMILES string of the molecule is CS(=O)(=O)N1CCN2C(=O)c3cc(-c4ccccc4F)ccc3CC(=O)[C@H]2C1. The van der Waals surface area contributed by atoms with Crippen LogP contribution in [0.15, 0.2) is 42.5 Å². The van der Waals surface area contributed by atoms with Crippen LogP contribution in [0, 0.1) is 5.82 Å². The summed E-state index contributed by atoms with van der Waals surface area (Å²) in [7, 11) is -3.44. The zero-order valence-electron chi connectivity index (χ0n) is 15.3. The molecule has 6 nitrogen and oxygen atoms in total. The second kappa shape index (κ2) is 6.79. The number of nitrogens with zero attached hydrogens (tertiary/aromatic N) is 2. The van der Waals surface area contributed by atoms with Crippen molar-refractivity contribution in [2.24, 2.45) is 0 Å². The molecular weight excluding hydrogens is 383 g/mol. The Morgan fingerprint density at radius 1 is 1.04 bits per heavy atom. The number of benzene rings is 2. The van der Waals surface area contributed by atoms with Crippen LogP contribution in [0.1, 0.15) is 15.9 Å². The molecule has 8 heteroatoms. The van der Waals surface area contributed by atoms with Crippen LogP contribution in [0.3, 0.4) is 0 Å². The molecule has 2 aliphatic heterocycles. The molecule has 1 amide bonds. The number of hydrogen-bond acceptors (Lipinski definition) is 4. The molecule has 1 atom stereocenters. The van der Waals surface area contributed by atoms with Crippen molar-refractivity contribution in [1.82, 2.24) is 9.21 Å². The molecule has 2 aromatic carbocycles. The van der Waals surface area contributed by atoms with Gasteiger partial charge in [-0.3, -0.25) is 9.59 Å². The summed E-state index contributed by atoms with van der Waals surface area (Å²) in [5.41, 5.74) is 1.89. The van der Waals surface area contributed by atoms with E-state index in [0.717, 1.165) is 6.26 Å². The number of rotatable bonds is 2. The van der Waals surface area contributed by atoms with Gasteiger partial charge in [0.15, 0.2) is 5.78 Å². The minimum Gasteiger partial charge on any atom is -0.326 e. The molecule has 0 aromatic heterocycles. The lowest BCUT2D eigenvalue weighted by atomic mass is 9.96. The molecule has 1 fully saturated rings. The lowest BCUT2D eigenvalue weighted by molar-refractivity contribution is -0.123. The Bertz CT molecular complexity index is 1080. The van der Waals surface area contributed by atoms with Crippen LogP contribution >= 0.6 is 0 Å². The predicted molar refractivity (Wildman–Crippen MR) is 102 cm³/mol. The molecule has 1 saturated heterocycles. The molecule has 0 aliphatic carbocycles. The van der Waals surface area contributed by atoms with Gasteiger partial charge in [-0.2, -0.15) is 4.31 Å². The topological polar surface area (TPSA) is 74.8 Å². The molecule has 2 aliphatic rings. The van der Waals surface area contributed by atoms with Crippen molar-refractivity contribution < 1.29 is 22.4 Å². The first-order valence-electron chi connectivity index (χ1n) is 8.92. The van der Waals surface area contributed by atoms with E-state index in [4.69, 9.17) is 0 Å². The van der Waals surface area contributed by atoms with E-state index in [0.29, 0.717) is 22.3 Å². The summed E-state index contributed by atoms with van der Waals surface area (Å²) in [6, 6.07) is 10.5.